The first kappa shape index (κ1) is 18.0. The minimum Gasteiger partial charge on any atom is -0.497 e. The highest BCUT2D eigenvalue weighted by molar-refractivity contribution is 5.26. The molecular weight excluding hydrogens is 258 g/mol. The van der Waals surface area contributed by atoms with Crippen molar-refractivity contribution in [1.82, 2.24) is 5.32 Å². The standard InChI is InChI=1S/C10H15NO.C9H18/c1-3-11-8-9-4-6-10(12-2)7-5-9;1-8-5-4-6-9(2,3)7-8/h4-7,11H,3,8H2,1-2H3;8H,4-7H2,1-3H3. The quantitative estimate of drug-likeness (QED) is 0.840. The molecule has 0 bridgehead atoms. The Morgan fingerprint density at radius 2 is 1.90 bits per heavy atom. The molecule has 0 aromatic heterocycles. The van der Waals surface area contributed by atoms with E-state index in [2.05, 4.69) is 45.1 Å². The first-order chi connectivity index (χ1) is 9.96. The van der Waals surface area contributed by atoms with Gasteiger partial charge in [-0.1, -0.05) is 52.7 Å². The van der Waals surface area contributed by atoms with Crippen LogP contribution in [0.4, 0.5) is 0 Å². The predicted molar refractivity (Wildman–Crippen MR) is 91.8 cm³/mol. The molecule has 2 rings (SSSR count). The molecule has 0 saturated heterocycles. The number of hydrogen-bond donors (Lipinski definition) is 1. The summed E-state index contributed by atoms with van der Waals surface area (Å²) in [4.78, 5) is 0. The summed E-state index contributed by atoms with van der Waals surface area (Å²) < 4.78 is 5.05. The zero-order chi connectivity index (χ0) is 15.7. The van der Waals surface area contributed by atoms with Crippen molar-refractivity contribution in [3.8, 4) is 5.75 Å². The number of rotatable bonds is 4. The average Bonchev–Trinajstić information content (AvgIpc) is 2.45. The maximum absolute atomic E-state index is 5.05. The zero-order valence-electron chi connectivity index (χ0n) is 14.5. The molecule has 0 heterocycles. The van der Waals surface area contributed by atoms with Gasteiger partial charge in [0.05, 0.1) is 7.11 Å². The Morgan fingerprint density at radius 1 is 1.24 bits per heavy atom. The van der Waals surface area contributed by atoms with Crippen LogP contribution in [0.5, 0.6) is 5.75 Å². The number of hydrogen-bond acceptors (Lipinski definition) is 2. The van der Waals surface area contributed by atoms with Crippen molar-refractivity contribution < 1.29 is 4.74 Å². The molecule has 1 aromatic carbocycles. The molecule has 1 aliphatic carbocycles. The first-order valence-electron chi connectivity index (χ1n) is 8.30. The van der Waals surface area contributed by atoms with Crippen molar-refractivity contribution >= 4 is 0 Å². The van der Waals surface area contributed by atoms with Gasteiger partial charge in [-0.25, -0.2) is 0 Å². The van der Waals surface area contributed by atoms with E-state index in [4.69, 9.17) is 4.74 Å². The molecule has 120 valence electrons. The summed E-state index contributed by atoms with van der Waals surface area (Å²) in [5, 5.41) is 3.26. The lowest BCUT2D eigenvalue weighted by molar-refractivity contribution is 0.191. The van der Waals surface area contributed by atoms with E-state index < -0.39 is 0 Å². The third-order valence-electron chi connectivity index (χ3n) is 4.19. The minimum absolute atomic E-state index is 0.650. The van der Waals surface area contributed by atoms with E-state index in [1.54, 1.807) is 7.11 Å². The highest BCUT2D eigenvalue weighted by atomic mass is 16.5. The molecule has 2 nitrogen and oxygen atoms in total. The molecule has 1 unspecified atom stereocenters. The van der Waals surface area contributed by atoms with E-state index in [0.717, 1.165) is 24.8 Å². The van der Waals surface area contributed by atoms with Crippen molar-refractivity contribution in [2.75, 3.05) is 13.7 Å². The molecule has 1 aromatic rings. The lowest BCUT2D eigenvalue weighted by atomic mass is 9.73. The van der Waals surface area contributed by atoms with Crippen molar-refractivity contribution in [2.45, 2.75) is 59.9 Å². The SMILES string of the molecule is CC1CCCC(C)(C)C1.CCNCc1ccc(OC)cc1. The summed E-state index contributed by atoms with van der Waals surface area (Å²) in [6.07, 6.45) is 5.79. The maximum Gasteiger partial charge on any atom is 0.118 e. The minimum atomic E-state index is 0.650. The molecule has 1 atom stereocenters. The van der Waals surface area contributed by atoms with Crippen LogP contribution in [-0.4, -0.2) is 13.7 Å². The van der Waals surface area contributed by atoms with Gasteiger partial charge in [-0.3, -0.25) is 0 Å². The fourth-order valence-electron chi connectivity index (χ4n) is 3.09. The summed E-state index contributed by atoms with van der Waals surface area (Å²) in [6.45, 7) is 11.2. The second kappa shape index (κ2) is 9.09. The molecule has 1 fully saturated rings. The van der Waals surface area contributed by atoms with Crippen LogP contribution in [0.25, 0.3) is 0 Å². The number of benzene rings is 1. The lowest BCUT2D eigenvalue weighted by Gasteiger charge is -2.33. The van der Waals surface area contributed by atoms with Gasteiger partial charge in [0.15, 0.2) is 0 Å². The Labute approximate surface area is 131 Å². The number of nitrogens with one attached hydrogen (secondary N) is 1. The summed E-state index contributed by atoms with van der Waals surface area (Å²) in [6, 6.07) is 8.10. The Hall–Kier alpha value is -1.02. The largest absolute Gasteiger partial charge is 0.497 e. The van der Waals surface area contributed by atoms with Crippen LogP contribution in [0, 0.1) is 11.3 Å². The van der Waals surface area contributed by atoms with Crippen LogP contribution < -0.4 is 10.1 Å². The summed E-state index contributed by atoms with van der Waals surface area (Å²) in [5.74, 6) is 1.89. The lowest BCUT2D eigenvalue weighted by Crippen LogP contribution is -2.20. The molecule has 2 heteroatoms. The molecule has 0 radical (unpaired) electrons. The van der Waals surface area contributed by atoms with Crippen LogP contribution in [0.1, 0.15) is 58.9 Å². The molecule has 1 aliphatic rings. The van der Waals surface area contributed by atoms with E-state index in [-0.39, 0.29) is 0 Å². The van der Waals surface area contributed by atoms with Crippen LogP contribution in [0.3, 0.4) is 0 Å². The summed E-state index contributed by atoms with van der Waals surface area (Å²) in [7, 11) is 1.68. The van der Waals surface area contributed by atoms with Gasteiger partial charge in [0.2, 0.25) is 0 Å². The van der Waals surface area contributed by atoms with Gasteiger partial charge in [-0.2, -0.15) is 0 Å². The smallest absolute Gasteiger partial charge is 0.118 e. The number of ether oxygens (including phenoxy) is 1. The van der Waals surface area contributed by atoms with Gasteiger partial charge in [0.25, 0.3) is 0 Å². The van der Waals surface area contributed by atoms with Gasteiger partial charge in [0, 0.05) is 6.54 Å². The van der Waals surface area contributed by atoms with Gasteiger partial charge in [-0.15, -0.1) is 0 Å². The molecular formula is C19H33NO. The second-order valence-corrected chi connectivity index (χ2v) is 6.99. The van der Waals surface area contributed by atoms with E-state index in [1.807, 2.05) is 12.1 Å². The third-order valence-corrected chi connectivity index (χ3v) is 4.19. The summed E-state index contributed by atoms with van der Waals surface area (Å²) in [5.41, 5.74) is 1.94. The van der Waals surface area contributed by atoms with Crippen molar-refractivity contribution in [2.24, 2.45) is 11.3 Å². The van der Waals surface area contributed by atoms with E-state index >= 15 is 0 Å². The normalized spacial score (nSPS) is 20.3. The molecule has 0 amide bonds. The summed E-state index contributed by atoms with van der Waals surface area (Å²) >= 11 is 0. The predicted octanol–water partition coefficient (Wildman–Crippen LogP) is 5.03. The van der Waals surface area contributed by atoms with Crippen molar-refractivity contribution in [3.63, 3.8) is 0 Å². The maximum atomic E-state index is 5.05. The monoisotopic (exact) mass is 291 g/mol. The van der Waals surface area contributed by atoms with Crippen molar-refractivity contribution in [3.05, 3.63) is 29.8 Å². The molecule has 1 N–H and O–H groups in total. The Balaban J connectivity index is 0.000000219. The average molecular weight is 291 g/mol. The van der Waals surface area contributed by atoms with Gasteiger partial charge < -0.3 is 10.1 Å². The fourth-order valence-corrected chi connectivity index (χ4v) is 3.09. The zero-order valence-corrected chi connectivity index (χ0v) is 14.5. The van der Waals surface area contributed by atoms with Crippen LogP contribution in [0.2, 0.25) is 0 Å². The highest BCUT2D eigenvalue weighted by Gasteiger charge is 2.24. The Kier molecular flexibility index (Phi) is 7.81. The van der Waals surface area contributed by atoms with E-state index in [9.17, 15) is 0 Å². The number of methoxy groups -OCH3 is 1. The highest BCUT2D eigenvalue weighted by Crippen LogP contribution is 2.37. The molecule has 1 saturated carbocycles. The van der Waals surface area contributed by atoms with Gasteiger partial charge in [0.1, 0.15) is 5.75 Å². The fraction of sp³-hybridized carbons (Fsp3) is 0.684. The van der Waals surface area contributed by atoms with Crippen LogP contribution >= 0.6 is 0 Å². The molecule has 0 spiro atoms. The Morgan fingerprint density at radius 3 is 2.33 bits per heavy atom. The van der Waals surface area contributed by atoms with Gasteiger partial charge >= 0.3 is 0 Å². The van der Waals surface area contributed by atoms with Crippen molar-refractivity contribution in [1.29, 1.82) is 0 Å². The first-order valence-corrected chi connectivity index (χ1v) is 8.30. The third kappa shape index (κ3) is 7.52. The molecule has 21 heavy (non-hydrogen) atoms. The van der Waals surface area contributed by atoms with Gasteiger partial charge in [-0.05, 0) is 48.4 Å². The Bertz CT molecular complexity index is 383. The topological polar surface area (TPSA) is 21.3 Å². The molecule has 0 aliphatic heterocycles. The van der Waals surface area contributed by atoms with Crippen LogP contribution in [-0.2, 0) is 6.54 Å². The van der Waals surface area contributed by atoms with E-state index in [1.165, 1.54) is 31.2 Å². The second-order valence-electron chi connectivity index (χ2n) is 6.99. The van der Waals surface area contributed by atoms with E-state index in [0.29, 0.717) is 5.41 Å². The van der Waals surface area contributed by atoms with Crippen LogP contribution in [0.15, 0.2) is 24.3 Å².